The summed E-state index contributed by atoms with van der Waals surface area (Å²) >= 11 is 0. The Hall–Kier alpha value is -1.06. The molecule has 4 nitrogen and oxygen atoms in total. The van der Waals surface area contributed by atoms with Gasteiger partial charge >= 0.3 is 6.03 Å². The van der Waals surface area contributed by atoms with Crippen molar-refractivity contribution in [3.05, 3.63) is 0 Å². The molecule has 0 aromatic heterocycles. The number of hydrogen-bond acceptors (Lipinski definition) is 2. The van der Waals surface area contributed by atoms with Gasteiger partial charge in [0.25, 0.3) is 0 Å². The smallest absolute Gasteiger partial charge is 0.346 e. The van der Waals surface area contributed by atoms with Gasteiger partial charge < -0.3 is 10.6 Å². The summed E-state index contributed by atoms with van der Waals surface area (Å²) in [6.45, 7) is 6.97. The van der Waals surface area contributed by atoms with Crippen LogP contribution in [-0.4, -0.2) is 28.3 Å². The van der Waals surface area contributed by atoms with Crippen LogP contribution in [0.1, 0.15) is 65.7 Å². The maximum absolute atomic E-state index is 12.2. The second-order valence-electron chi connectivity index (χ2n) is 7.91. The molecular formula is C16H27N3O. The van der Waals surface area contributed by atoms with E-state index in [1.807, 2.05) is 4.90 Å². The predicted molar refractivity (Wildman–Crippen MR) is 80.6 cm³/mol. The van der Waals surface area contributed by atoms with E-state index in [4.69, 9.17) is 5.73 Å². The van der Waals surface area contributed by atoms with Crippen LogP contribution in [0.3, 0.4) is 0 Å². The van der Waals surface area contributed by atoms with E-state index in [1.54, 1.807) is 0 Å². The maximum atomic E-state index is 12.2. The summed E-state index contributed by atoms with van der Waals surface area (Å²) in [5, 5.41) is 0. The molecule has 4 heteroatoms. The molecule has 0 bridgehead atoms. The number of urea groups is 1. The molecule has 0 saturated heterocycles. The SMILES string of the molecule is CC(C)(C)C1CCCC2(CC1)C(N)=NC(=O)N2C1CC1. The summed E-state index contributed by atoms with van der Waals surface area (Å²) in [6, 6.07) is 0.317. The lowest BCUT2D eigenvalue weighted by atomic mass is 9.76. The number of hydrogen-bond donors (Lipinski definition) is 1. The van der Waals surface area contributed by atoms with Gasteiger partial charge in [-0.25, -0.2) is 4.79 Å². The summed E-state index contributed by atoms with van der Waals surface area (Å²) in [6.07, 6.45) is 7.78. The van der Waals surface area contributed by atoms with E-state index in [-0.39, 0.29) is 11.6 Å². The van der Waals surface area contributed by atoms with Crippen LogP contribution in [0.5, 0.6) is 0 Å². The number of carbonyl (C=O) groups excluding carboxylic acids is 1. The first kappa shape index (κ1) is 13.9. The number of rotatable bonds is 1. The van der Waals surface area contributed by atoms with Gasteiger partial charge in [0.1, 0.15) is 11.4 Å². The zero-order valence-electron chi connectivity index (χ0n) is 13.0. The van der Waals surface area contributed by atoms with E-state index < -0.39 is 0 Å². The Morgan fingerprint density at radius 3 is 2.50 bits per heavy atom. The molecule has 0 aromatic rings. The second-order valence-corrected chi connectivity index (χ2v) is 7.91. The van der Waals surface area contributed by atoms with E-state index in [2.05, 4.69) is 25.8 Å². The Balaban J connectivity index is 1.84. The predicted octanol–water partition coefficient (Wildman–Crippen LogP) is 3.31. The molecular weight excluding hydrogens is 250 g/mol. The topological polar surface area (TPSA) is 58.7 Å². The van der Waals surface area contributed by atoms with Gasteiger partial charge in [0.2, 0.25) is 0 Å². The van der Waals surface area contributed by atoms with Gasteiger partial charge in [0.05, 0.1) is 0 Å². The zero-order valence-corrected chi connectivity index (χ0v) is 13.0. The zero-order chi connectivity index (χ0) is 14.5. The van der Waals surface area contributed by atoms with Gasteiger partial charge in [-0.2, -0.15) is 4.99 Å². The van der Waals surface area contributed by atoms with Crippen molar-refractivity contribution in [2.75, 3.05) is 0 Å². The highest BCUT2D eigenvalue weighted by atomic mass is 16.2. The van der Waals surface area contributed by atoms with E-state index in [9.17, 15) is 4.79 Å². The molecule has 2 unspecified atom stereocenters. The van der Waals surface area contributed by atoms with Crippen molar-refractivity contribution in [1.29, 1.82) is 0 Å². The molecule has 112 valence electrons. The van der Waals surface area contributed by atoms with Crippen molar-refractivity contribution in [1.82, 2.24) is 4.90 Å². The van der Waals surface area contributed by atoms with Crippen molar-refractivity contribution in [2.45, 2.75) is 77.3 Å². The Morgan fingerprint density at radius 2 is 1.90 bits per heavy atom. The highest BCUT2D eigenvalue weighted by Gasteiger charge is 2.54. The fourth-order valence-electron chi connectivity index (χ4n) is 4.09. The van der Waals surface area contributed by atoms with Crippen LogP contribution < -0.4 is 5.73 Å². The van der Waals surface area contributed by atoms with E-state index >= 15 is 0 Å². The molecule has 1 heterocycles. The number of aliphatic imine (C=N–C) groups is 1. The molecule has 2 saturated carbocycles. The van der Waals surface area contributed by atoms with E-state index in [1.165, 1.54) is 6.42 Å². The molecule has 2 atom stereocenters. The molecule has 1 aliphatic heterocycles. The minimum absolute atomic E-state index is 0.0841. The van der Waals surface area contributed by atoms with Gasteiger partial charge in [-0.05, 0) is 49.9 Å². The average molecular weight is 277 g/mol. The molecule has 1 spiro atoms. The molecule has 0 aromatic carbocycles. The third-order valence-corrected chi connectivity index (χ3v) is 5.55. The molecule has 2 amide bonds. The minimum Gasteiger partial charge on any atom is -0.385 e. The second kappa shape index (κ2) is 4.47. The maximum Gasteiger partial charge on any atom is 0.346 e. The Morgan fingerprint density at radius 1 is 1.20 bits per heavy atom. The summed E-state index contributed by atoms with van der Waals surface area (Å²) in [4.78, 5) is 18.3. The minimum atomic E-state index is -0.252. The van der Waals surface area contributed by atoms with Crippen LogP contribution >= 0.6 is 0 Å². The first-order chi connectivity index (χ1) is 9.34. The third kappa shape index (κ3) is 2.13. The monoisotopic (exact) mass is 277 g/mol. The van der Waals surface area contributed by atoms with Gasteiger partial charge in [0, 0.05) is 6.04 Å². The third-order valence-electron chi connectivity index (χ3n) is 5.55. The van der Waals surface area contributed by atoms with Crippen molar-refractivity contribution in [2.24, 2.45) is 22.1 Å². The highest BCUT2D eigenvalue weighted by Crippen LogP contribution is 2.47. The molecule has 0 radical (unpaired) electrons. The first-order valence-electron chi connectivity index (χ1n) is 8.02. The van der Waals surface area contributed by atoms with Crippen LogP contribution in [0.25, 0.3) is 0 Å². The van der Waals surface area contributed by atoms with Crippen molar-refractivity contribution >= 4 is 11.9 Å². The summed E-state index contributed by atoms with van der Waals surface area (Å²) in [5.74, 6) is 1.30. The lowest BCUT2D eigenvalue weighted by molar-refractivity contribution is 0.149. The van der Waals surface area contributed by atoms with Gasteiger partial charge in [0.15, 0.2) is 0 Å². The molecule has 2 aliphatic carbocycles. The van der Waals surface area contributed by atoms with Crippen molar-refractivity contribution in [3.8, 4) is 0 Å². The fourth-order valence-corrected chi connectivity index (χ4v) is 4.09. The number of nitrogens with zero attached hydrogens (tertiary/aromatic N) is 2. The molecule has 3 rings (SSSR count). The van der Waals surface area contributed by atoms with Crippen LogP contribution in [0.2, 0.25) is 0 Å². The van der Waals surface area contributed by atoms with E-state index in [0.29, 0.717) is 23.2 Å². The number of amidine groups is 1. The van der Waals surface area contributed by atoms with Crippen LogP contribution in [0, 0.1) is 11.3 Å². The molecule has 2 N–H and O–H groups in total. The summed E-state index contributed by atoms with van der Waals surface area (Å²) in [5.41, 5.74) is 6.29. The Bertz CT molecular complexity index is 447. The van der Waals surface area contributed by atoms with Gasteiger partial charge in [-0.3, -0.25) is 0 Å². The summed E-state index contributed by atoms with van der Waals surface area (Å²) < 4.78 is 0. The Kier molecular flexibility index (Phi) is 3.11. The van der Waals surface area contributed by atoms with Gasteiger partial charge in [-0.1, -0.05) is 27.2 Å². The van der Waals surface area contributed by atoms with Crippen molar-refractivity contribution in [3.63, 3.8) is 0 Å². The first-order valence-corrected chi connectivity index (χ1v) is 8.02. The van der Waals surface area contributed by atoms with Gasteiger partial charge in [-0.15, -0.1) is 0 Å². The largest absolute Gasteiger partial charge is 0.385 e. The van der Waals surface area contributed by atoms with Crippen LogP contribution in [-0.2, 0) is 0 Å². The number of nitrogens with two attached hydrogens (primary N) is 1. The van der Waals surface area contributed by atoms with Crippen LogP contribution in [0.4, 0.5) is 4.79 Å². The average Bonchev–Trinajstić information content (AvgIpc) is 3.11. The van der Waals surface area contributed by atoms with Crippen LogP contribution in [0.15, 0.2) is 4.99 Å². The number of amides is 2. The normalized spacial score (nSPS) is 35.4. The Labute approximate surface area is 121 Å². The van der Waals surface area contributed by atoms with E-state index in [0.717, 1.165) is 38.5 Å². The molecule has 2 fully saturated rings. The highest BCUT2D eigenvalue weighted by molar-refractivity contribution is 6.06. The lowest BCUT2D eigenvalue weighted by Crippen LogP contribution is -2.54. The molecule has 20 heavy (non-hydrogen) atoms. The molecule has 3 aliphatic rings. The fraction of sp³-hybridized carbons (Fsp3) is 0.875. The number of carbonyl (C=O) groups is 1. The summed E-state index contributed by atoms with van der Waals surface area (Å²) in [7, 11) is 0. The lowest BCUT2D eigenvalue weighted by Gasteiger charge is -2.38. The quantitative estimate of drug-likeness (QED) is 0.799. The standard InChI is InChI=1S/C16H27N3O/c1-15(2,3)11-5-4-9-16(10-8-11)13(17)18-14(20)19(16)12-6-7-12/h11-12H,4-10H2,1-3H3,(H2,17,18,20). The van der Waals surface area contributed by atoms with Crippen molar-refractivity contribution < 1.29 is 4.79 Å².